The lowest BCUT2D eigenvalue weighted by molar-refractivity contribution is 0.0794. The summed E-state index contributed by atoms with van der Waals surface area (Å²) in [5.74, 6) is 3.40. The van der Waals surface area contributed by atoms with Gasteiger partial charge in [-0.2, -0.15) is 10.5 Å². The first-order chi connectivity index (χ1) is 9.63. The summed E-state index contributed by atoms with van der Waals surface area (Å²) in [5, 5.41) is 25.7. The maximum atomic E-state index is 13.7. The van der Waals surface area contributed by atoms with Gasteiger partial charge in [0.05, 0.1) is 17.7 Å². The fraction of sp³-hybridized carbons (Fsp3) is 0.214. The van der Waals surface area contributed by atoms with Crippen molar-refractivity contribution < 1.29 is 14.3 Å². The number of benzene rings is 1. The van der Waals surface area contributed by atoms with Crippen LogP contribution in [0.1, 0.15) is 15.9 Å². The molecular weight excluding hydrogens is 261 g/mol. The zero-order valence-corrected chi connectivity index (χ0v) is 10.4. The number of carbonyl (C=O) groups excluding carboxylic acids is 1. The largest absolute Gasteiger partial charge is 0.384 e. The molecule has 20 heavy (non-hydrogen) atoms. The van der Waals surface area contributed by atoms with Crippen LogP contribution in [0.5, 0.6) is 0 Å². The highest BCUT2D eigenvalue weighted by atomic mass is 19.1. The maximum Gasteiger partial charge on any atom is 0.255 e. The zero-order chi connectivity index (χ0) is 15.0. The van der Waals surface area contributed by atoms with Gasteiger partial charge in [-0.25, -0.2) is 4.39 Å². The molecule has 6 heteroatoms. The average molecular weight is 271 g/mol. The third-order valence-corrected chi connectivity index (χ3v) is 2.33. The summed E-state index contributed by atoms with van der Waals surface area (Å²) in [6.45, 7) is -0.890. The van der Waals surface area contributed by atoms with Crippen LogP contribution in [0.3, 0.4) is 0 Å². The van der Waals surface area contributed by atoms with E-state index in [4.69, 9.17) is 15.6 Å². The van der Waals surface area contributed by atoms with E-state index in [0.29, 0.717) is 0 Å². The molecule has 0 aliphatic rings. The minimum Gasteiger partial charge on any atom is -0.384 e. The van der Waals surface area contributed by atoms with Gasteiger partial charge in [0, 0.05) is 5.56 Å². The quantitative estimate of drug-likeness (QED) is 0.646. The summed E-state index contributed by atoms with van der Waals surface area (Å²) >= 11 is 0. The molecule has 0 spiro atoms. The first-order valence-electron chi connectivity index (χ1n) is 5.56. The van der Waals surface area contributed by atoms with E-state index >= 15 is 0 Å². The van der Waals surface area contributed by atoms with Gasteiger partial charge in [-0.05, 0) is 18.2 Å². The minimum absolute atomic E-state index is 0.0301. The van der Waals surface area contributed by atoms with Crippen molar-refractivity contribution in [1.29, 1.82) is 10.5 Å². The molecule has 0 aromatic heterocycles. The lowest BCUT2D eigenvalue weighted by Crippen LogP contribution is -2.31. The Bertz CT molecular complexity index is 631. The molecule has 0 saturated heterocycles. The molecule has 1 N–H and O–H groups in total. The third kappa shape index (κ3) is 3.81. The molecule has 1 aromatic carbocycles. The summed E-state index contributed by atoms with van der Waals surface area (Å²) in [4.78, 5) is 13.0. The molecule has 0 heterocycles. The van der Waals surface area contributed by atoms with Crippen LogP contribution < -0.4 is 0 Å². The summed E-state index contributed by atoms with van der Waals surface area (Å²) in [6.07, 6.45) is 0. The summed E-state index contributed by atoms with van der Waals surface area (Å²) < 4.78 is 13.7. The van der Waals surface area contributed by atoms with Gasteiger partial charge in [0.1, 0.15) is 25.5 Å². The number of hydrogen-bond acceptors (Lipinski definition) is 4. The SMILES string of the molecule is N#CCN(CC#N)C(=O)c1ccc(C#CCO)c(F)c1. The molecular formula is C14H10FN3O2. The van der Waals surface area contributed by atoms with E-state index in [1.165, 1.54) is 12.1 Å². The number of hydrogen-bond donors (Lipinski definition) is 1. The standard InChI is InChI=1S/C14H10FN3O2/c15-13-10-12(4-3-11(13)2-1-9-19)14(20)18(7-5-16)8-6-17/h3-4,10,19H,7-9H2. The molecule has 100 valence electrons. The molecule has 1 aromatic rings. The van der Waals surface area contributed by atoms with Gasteiger partial charge in [0.15, 0.2) is 0 Å². The number of amides is 1. The Balaban J connectivity index is 3.03. The predicted molar refractivity (Wildman–Crippen MR) is 67.5 cm³/mol. The second kappa shape index (κ2) is 7.53. The molecule has 5 nitrogen and oxygen atoms in total. The lowest BCUT2D eigenvalue weighted by Gasteiger charge is -2.15. The number of rotatable bonds is 3. The highest BCUT2D eigenvalue weighted by Crippen LogP contribution is 2.11. The lowest BCUT2D eigenvalue weighted by atomic mass is 10.1. The molecule has 0 unspecified atom stereocenters. The van der Waals surface area contributed by atoms with E-state index in [1.54, 1.807) is 12.1 Å². The van der Waals surface area contributed by atoms with E-state index in [0.717, 1.165) is 11.0 Å². The van der Waals surface area contributed by atoms with Crippen LogP contribution in [0.15, 0.2) is 18.2 Å². The van der Waals surface area contributed by atoms with Crippen molar-refractivity contribution in [3.63, 3.8) is 0 Å². The molecule has 0 fully saturated rings. The van der Waals surface area contributed by atoms with E-state index < -0.39 is 18.3 Å². The second-order valence-corrected chi connectivity index (χ2v) is 3.63. The van der Waals surface area contributed by atoms with Crippen molar-refractivity contribution in [3.05, 3.63) is 35.1 Å². The van der Waals surface area contributed by atoms with Gasteiger partial charge < -0.3 is 10.0 Å². The minimum atomic E-state index is -0.703. The number of halogens is 1. The van der Waals surface area contributed by atoms with Crippen LogP contribution in [0.4, 0.5) is 4.39 Å². The Labute approximate surface area is 115 Å². The molecule has 0 atom stereocenters. The highest BCUT2D eigenvalue weighted by molar-refractivity contribution is 5.94. The van der Waals surface area contributed by atoms with Gasteiger partial charge in [-0.3, -0.25) is 4.79 Å². The van der Waals surface area contributed by atoms with Crippen molar-refractivity contribution in [2.45, 2.75) is 0 Å². The van der Waals surface area contributed by atoms with Crippen LogP contribution in [-0.4, -0.2) is 35.6 Å². The zero-order valence-electron chi connectivity index (χ0n) is 10.4. The van der Waals surface area contributed by atoms with Crippen molar-refractivity contribution in [1.82, 2.24) is 4.90 Å². The van der Waals surface area contributed by atoms with E-state index in [2.05, 4.69) is 11.8 Å². The fourth-order valence-corrected chi connectivity index (χ4v) is 1.44. The fourth-order valence-electron chi connectivity index (χ4n) is 1.44. The smallest absolute Gasteiger partial charge is 0.255 e. The summed E-state index contributed by atoms with van der Waals surface area (Å²) in [6, 6.07) is 7.19. The number of aliphatic hydroxyl groups is 1. The predicted octanol–water partition coefficient (Wildman–Crippen LogP) is 0.659. The molecule has 0 aliphatic heterocycles. The first-order valence-corrected chi connectivity index (χ1v) is 5.56. The maximum absolute atomic E-state index is 13.7. The van der Waals surface area contributed by atoms with Crippen molar-refractivity contribution in [3.8, 4) is 24.0 Å². The summed E-state index contributed by atoms with van der Waals surface area (Å²) in [5.41, 5.74) is 0.0882. The number of aliphatic hydroxyl groups excluding tert-OH is 1. The van der Waals surface area contributed by atoms with E-state index in [9.17, 15) is 9.18 Å². The number of carbonyl (C=O) groups is 1. The normalized spacial score (nSPS) is 8.80. The molecule has 1 amide bonds. The van der Waals surface area contributed by atoms with Crippen LogP contribution in [0.2, 0.25) is 0 Å². The van der Waals surface area contributed by atoms with Crippen LogP contribution >= 0.6 is 0 Å². The first kappa shape index (κ1) is 15.2. The second-order valence-electron chi connectivity index (χ2n) is 3.63. The van der Waals surface area contributed by atoms with Crippen molar-refractivity contribution in [2.75, 3.05) is 19.7 Å². The number of nitrogens with zero attached hydrogens (tertiary/aromatic N) is 3. The molecule has 1 rings (SSSR count). The van der Waals surface area contributed by atoms with E-state index in [-0.39, 0.29) is 24.2 Å². The molecule has 0 bridgehead atoms. The Morgan fingerprint density at radius 2 is 1.95 bits per heavy atom. The monoisotopic (exact) mass is 271 g/mol. The van der Waals surface area contributed by atoms with Gasteiger partial charge in [0.25, 0.3) is 5.91 Å². The van der Waals surface area contributed by atoms with Gasteiger partial charge in [0.2, 0.25) is 0 Å². The molecule has 0 radical (unpaired) electrons. The van der Waals surface area contributed by atoms with Crippen LogP contribution in [0.25, 0.3) is 0 Å². The Hall–Kier alpha value is -2.88. The Kier molecular flexibility index (Phi) is 5.72. The van der Waals surface area contributed by atoms with Crippen LogP contribution in [-0.2, 0) is 0 Å². The molecule has 0 saturated carbocycles. The van der Waals surface area contributed by atoms with Crippen molar-refractivity contribution >= 4 is 5.91 Å². The van der Waals surface area contributed by atoms with E-state index in [1.807, 2.05) is 0 Å². The van der Waals surface area contributed by atoms with Crippen LogP contribution in [0, 0.1) is 40.3 Å². The summed E-state index contributed by atoms with van der Waals surface area (Å²) in [7, 11) is 0. The topological polar surface area (TPSA) is 88.1 Å². The Morgan fingerprint density at radius 3 is 2.45 bits per heavy atom. The number of nitriles is 2. The van der Waals surface area contributed by atoms with Gasteiger partial charge >= 0.3 is 0 Å². The molecule has 0 aliphatic carbocycles. The van der Waals surface area contributed by atoms with Crippen molar-refractivity contribution in [2.24, 2.45) is 0 Å². The van der Waals surface area contributed by atoms with Gasteiger partial charge in [-0.1, -0.05) is 11.8 Å². The highest BCUT2D eigenvalue weighted by Gasteiger charge is 2.16. The Morgan fingerprint density at radius 1 is 1.30 bits per heavy atom. The van der Waals surface area contributed by atoms with Gasteiger partial charge in [-0.15, -0.1) is 0 Å². The third-order valence-electron chi connectivity index (χ3n) is 2.33. The average Bonchev–Trinajstić information content (AvgIpc) is 2.45.